The molecule has 0 radical (unpaired) electrons. The lowest BCUT2D eigenvalue weighted by atomic mass is 9.89. The fourth-order valence-electron chi connectivity index (χ4n) is 2.09. The summed E-state index contributed by atoms with van der Waals surface area (Å²) < 4.78 is 0. The lowest BCUT2D eigenvalue weighted by Crippen LogP contribution is -2.09. The van der Waals surface area contributed by atoms with Gasteiger partial charge in [-0.15, -0.1) is 0 Å². The molecule has 0 aromatic carbocycles. The van der Waals surface area contributed by atoms with Crippen LogP contribution in [0.5, 0.6) is 0 Å². The molecule has 1 rings (SSSR count). The van der Waals surface area contributed by atoms with E-state index in [0.29, 0.717) is 11.4 Å². The van der Waals surface area contributed by atoms with E-state index in [-0.39, 0.29) is 0 Å². The minimum Gasteiger partial charge on any atom is -0.305 e. The predicted octanol–water partition coefficient (Wildman–Crippen LogP) is 3.72. The molecule has 0 spiro atoms. The quantitative estimate of drug-likeness (QED) is 0.626. The Balaban J connectivity index is 2.97. The summed E-state index contributed by atoms with van der Waals surface area (Å²) in [5.41, 5.74) is 3.59. The van der Waals surface area contributed by atoms with Crippen LogP contribution in [0.2, 0.25) is 0 Å². The normalized spacial score (nSPS) is 23.9. The van der Waals surface area contributed by atoms with Gasteiger partial charge in [0.1, 0.15) is 0 Å². The number of allylic oxidation sites excluding steroid dienone is 2. The van der Waals surface area contributed by atoms with Gasteiger partial charge < -0.3 is 10.8 Å². The van der Waals surface area contributed by atoms with Gasteiger partial charge in [-0.25, -0.2) is 0 Å². The Hall–Kier alpha value is -0.920. The van der Waals surface area contributed by atoms with Gasteiger partial charge in [0, 0.05) is 11.4 Å². The molecule has 0 fully saturated rings. The van der Waals surface area contributed by atoms with Crippen LogP contribution in [0.1, 0.15) is 52.4 Å². The van der Waals surface area contributed by atoms with Crippen molar-refractivity contribution in [2.75, 3.05) is 0 Å². The second-order valence-electron chi connectivity index (χ2n) is 4.12. The van der Waals surface area contributed by atoms with Crippen molar-refractivity contribution in [1.82, 2.24) is 0 Å². The molecule has 0 saturated heterocycles. The van der Waals surface area contributed by atoms with Crippen LogP contribution in [0.4, 0.5) is 0 Å². The standard InChI is InChI=1S/C12H20N2/c1-9(13)11-7-5-3-4-6-8-12(11)10(2)14/h13-14H,3-8H2,1-2H3/b12-11-,13-9?,14-10?. The minimum atomic E-state index is 0.661. The van der Waals surface area contributed by atoms with Gasteiger partial charge in [0.25, 0.3) is 0 Å². The Morgan fingerprint density at radius 2 is 1.14 bits per heavy atom. The van der Waals surface area contributed by atoms with E-state index in [1.807, 2.05) is 13.8 Å². The molecule has 0 unspecified atom stereocenters. The Morgan fingerprint density at radius 1 is 0.786 bits per heavy atom. The Kier molecular flexibility index (Phi) is 4.05. The molecular formula is C12H20N2. The van der Waals surface area contributed by atoms with Crippen LogP contribution in [0, 0.1) is 10.8 Å². The first-order valence-electron chi connectivity index (χ1n) is 5.46. The molecule has 0 aromatic rings. The summed E-state index contributed by atoms with van der Waals surface area (Å²) in [7, 11) is 0. The van der Waals surface area contributed by atoms with E-state index >= 15 is 0 Å². The molecular weight excluding hydrogens is 172 g/mol. The first kappa shape index (κ1) is 11.2. The topological polar surface area (TPSA) is 47.7 Å². The molecule has 1 aliphatic rings. The second-order valence-corrected chi connectivity index (χ2v) is 4.12. The van der Waals surface area contributed by atoms with Gasteiger partial charge in [-0.2, -0.15) is 0 Å². The van der Waals surface area contributed by atoms with Crippen LogP contribution in [-0.2, 0) is 0 Å². The van der Waals surface area contributed by atoms with Gasteiger partial charge in [0.15, 0.2) is 0 Å². The molecule has 0 aliphatic heterocycles. The highest BCUT2D eigenvalue weighted by molar-refractivity contribution is 6.06. The summed E-state index contributed by atoms with van der Waals surface area (Å²) in [4.78, 5) is 0. The first-order chi connectivity index (χ1) is 6.63. The van der Waals surface area contributed by atoms with Crippen molar-refractivity contribution >= 4 is 11.4 Å². The molecule has 0 aromatic heterocycles. The Morgan fingerprint density at radius 3 is 1.43 bits per heavy atom. The fourth-order valence-corrected chi connectivity index (χ4v) is 2.09. The van der Waals surface area contributed by atoms with Gasteiger partial charge >= 0.3 is 0 Å². The average molecular weight is 192 g/mol. The SMILES string of the molecule is CC(=N)/C1=C(\C(C)=N)CCCCCC1. The van der Waals surface area contributed by atoms with Crippen molar-refractivity contribution in [2.24, 2.45) is 0 Å². The smallest absolute Gasteiger partial charge is 0.0318 e. The zero-order valence-corrected chi connectivity index (χ0v) is 9.24. The minimum absolute atomic E-state index is 0.661. The van der Waals surface area contributed by atoms with E-state index in [4.69, 9.17) is 10.8 Å². The van der Waals surface area contributed by atoms with Crippen molar-refractivity contribution in [3.63, 3.8) is 0 Å². The van der Waals surface area contributed by atoms with Crippen molar-refractivity contribution in [3.05, 3.63) is 11.1 Å². The van der Waals surface area contributed by atoms with Crippen LogP contribution in [0.15, 0.2) is 11.1 Å². The summed E-state index contributed by atoms with van der Waals surface area (Å²) in [6.45, 7) is 3.69. The monoisotopic (exact) mass is 192 g/mol. The van der Waals surface area contributed by atoms with Gasteiger partial charge in [-0.1, -0.05) is 12.8 Å². The van der Waals surface area contributed by atoms with Gasteiger partial charge in [-0.3, -0.25) is 0 Å². The van der Waals surface area contributed by atoms with E-state index < -0.39 is 0 Å². The maximum Gasteiger partial charge on any atom is 0.0318 e. The van der Waals surface area contributed by atoms with Crippen molar-refractivity contribution in [3.8, 4) is 0 Å². The number of hydrogen-bond acceptors (Lipinski definition) is 2. The van der Waals surface area contributed by atoms with Crippen LogP contribution in [0.25, 0.3) is 0 Å². The maximum absolute atomic E-state index is 7.73. The second kappa shape index (κ2) is 5.08. The van der Waals surface area contributed by atoms with E-state index in [2.05, 4.69) is 0 Å². The highest BCUT2D eigenvalue weighted by Crippen LogP contribution is 2.24. The van der Waals surface area contributed by atoms with Crippen LogP contribution < -0.4 is 0 Å². The summed E-state index contributed by atoms with van der Waals surface area (Å²) in [5.74, 6) is 0. The zero-order valence-electron chi connectivity index (χ0n) is 9.24. The molecule has 0 heterocycles. The van der Waals surface area contributed by atoms with Crippen LogP contribution in [0.3, 0.4) is 0 Å². The third-order valence-corrected chi connectivity index (χ3v) is 2.87. The van der Waals surface area contributed by atoms with Crippen LogP contribution >= 0.6 is 0 Å². The molecule has 78 valence electrons. The summed E-state index contributed by atoms with van der Waals surface area (Å²) in [6, 6.07) is 0. The first-order valence-corrected chi connectivity index (χ1v) is 5.46. The molecule has 0 saturated carbocycles. The Bertz CT molecular complexity index is 246. The van der Waals surface area contributed by atoms with Crippen LogP contribution in [-0.4, -0.2) is 11.4 Å². The van der Waals surface area contributed by atoms with Gasteiger partial charge in [0.05, 0.1) is 0 Å². The summed E-state index contributed by atoms with van der Waals surface area (Å²) in [6.07, 6.45) is 6.93. The number of rotatable bonds is 2. The number of nitrogens with one attached hydrogen (secondary N) is 2. The van der Waals surface area contributed by atoms with E-state index in [1.54, 1.807) is 0 Å². The van der Waals surface area contributed by atoms with E-state index in [1.165, 1.54) is 25.7 Å². The molecule has 2 nitrogen and oxygen atoms in total. The molecule has 1 aliphatic carbocycles. The van der Waals surface area contributed by atoms with E-state index in [0.717, 1.165) is 24.0 Å². The van der Waals surface area contributed by atoms with Gasteiger partial charge in [-0.05, 0) is 50.7 Å². The molecule has 2 heteroatoms. The third-order valence-electron chi connectivity index (χ3n) is 2.87. The number of hydrogen-bond donors (Lipinski definition) is 2. The summed E-state index contributed by atoms with van der Waals surface area (Å²) >= 11 is 0. The average Bonchev–Trinajstić information content (AvgIpc) is 2.01. The predicted molar refractivity (Wildman–Crippen MR) is 61.5 cm³/mol. The maximum atomic E-state index is 7.73. The fraction of sp³-hybridized carbons (Fsp3) is 0.667. The van der Waals surface area contributed by atoms with Crippen molar-refractivity contribution in [2.45, 2.75) is 52.4 Å². The zero-order chi connectivity index (χ0) is 10.6. The lowest BCUT2D eigenvalue weighted by Gasteiger charge is -2.17. The molecule has 14 heavy (non-hydrogen) atoms. The van der Waals surface area contributed by atoms with E-state index in [9.17, 15) is 0 Å². The molecule has 0 amide bonds. The van der Waals surface area contributed by atoms with Crippen molar-refractivity contribution < 1.29 is 0 Å². The summed E-state index contributed by atoms with van der Waals surface area (Å²) in [5, 5.41) is 15.5. The third kappa shape index (κ3) is 2.79. The largest absolute Gasteiger partial charge is 0.305 e. The Labute approximate surface area is 86.4 Å². The molecule has 0 atom stereocenters. The van der Waals surface area contributed by atoms with Gasteiger partial charge in [0.2, 0.25) is 0 Å². The lowest BCUT2D eigenvalue weighted by molar-refractivity contribution is 0.625. The highest BCUT2D eigenvalue weighted by atomic mass is 14.4. The van der Waals surface area contributed by atoms with Crippen molar-refractivity contribution in [1.29, 1.82) is 10.8 Å². The molecule has 0 bridgehead atoms. The molecule has 2 N–H and O–H groups in total. The highest BCUT2D eigenvalue weighted by Gasteiger charge is 2.13.